The van der Waals surface area contributed by atoms with Crippen molar-refractivity contribution < 1.29 is 4.74 Å². The molecule has 114 valence electrons. The number of aromatic nitrogens is 1. The van der Waals surface area contributed by atoms with Crippen molar-refractivity contribution in [2.24, 2.45) is 0 Å². The van der Waals surface area contributed by atoms with E-state index in [9.17, 15) is 0 Å². The van der Waals surface area contributed by atoms with Gasteiger partial charge >= 0.3 is 0 Å². The molecule has 2 heterocycles. The highest BCUT2D eigenvalue weighted by atomic mass is 32.1. The largest absolute Gasteiger partial charge is 0.378 e. The van der Waals surface area contributed by atoms with Crippen LogP contribution in [0.5, 0.6) is 0 Å². The van der Waals surface area contributed by atoms with E-state index in [4.69, 9.17) is 9.72 Å². The van der Waals surface area contributed by atoms with Gasteiger partial charge in [-0.15, -0.1) is 11.3 Å². The van der Waals surface area contributed by atoms with E-state index in [0.29, 0.717) is 6.61 Å². The molecule has 0 spiro atoms. The maximum atomic E-state index is 5.29. The SMILES string of the molecule is COCc1nc(N(C)Cc2ccsc2)sc1CNC1CC1. The second-order valence-electron chi connectivity index (χ2n) is 5.44. The topological polar surface area (TPSA) is 37.4 Å². The van der Waals surface area contributed by atoms with Crippen LogP contribution in [0.3, 0.4) is 0 Å². The summed E-state index contributed by atoms with van der Waals surface area (Å²) in [5, 5.41) is 8.95. The molecule has 1 N–H and O–H groups in total. The number of nitrogens with zero attached hydrogens (tertiary/aromatic N) is 2. The van der Waals surface area contributed by atoms with Gasteiger partial charge in [-0.3, -0.25) is 0 Å². The number of rotatable bonds is 8. The molecule has 3 rings (SSSR count). The van der Waals surface area contributed by atoms with Gasteiger partial charge in [-0.05, 0) is 35.2 Å². The molecule has 0 aliphatic heterocycles. The van der Waals surface area contributed by atoms with E-state index < -0.39 is 0 Å². The maximum absolute atomic E-state index is 5.29. The Bertz CT molecular complexity index is 563. The molecular formula is C15H21N3OS2. The lowest BCUT2D eigenvalue weighted by Crippen LogP contribution is -2.15. The predicted octanol–water partition coefficient (Wildman–Crippen LogP) is 3.24. The van der Waals surface area contributed by atoms with Gasteiger partial charge in [0, 0.05) is 38.2 Å². The minimum Gasteiger partial charge on any atom is -0.378 e. The Labute approximate surface area is 133 Å². The predicted molar refractivity (Wildman–Crippen MR) is 89.1 cm³/mol. The van der Waals surface area contributed by atoms with E-state index in [1.165, 1.54) is 23.3 Å². The standard InChI is InChI=1S/C15H21N3OS2/c1-18(8-11-5-6-20-10-11)15-17-13(9-19-2)14(21-15)7-16-12-3-4-12/h5-6,10,12,16H,3-4,7-9H2,1-2H3. The summed E-state index contributed by atoms with van der Waals surface area (Å²) in [5.74, 6) is 0. The molecule has 1 saturated carbocycles. The van der Waals surface area contributed by atoms with Gasteiger partial charge in [0.25, 0.3) is 0 Å². The molecule has 1 fully saturated rings. The molecule has 0 unspecified atom stereocenters. The van der Waals surface area contributed by atoms with Gasteiger partial charge in [0.15, 0.2) is 5.13 Å². The average molecular weight is 323 g/mol. The van der Waals surface area contributed by atoms with E-state index in [0.717, 1.165) is 30.0 Å². The number of methoxy groups -OCH3 is 1. The highest BCUT2D eigenvalue weighted by Crippen LogP contribution is 2.29. The Morgan fingerprint density at radius 3 is 3.00 bits per heavy atom. The summed E-state index contributed by atoms with van der Waals surface area (Å²) in [7, 11) is 3.83. The Kier molecular flexibility index (Phi) is 4.90. The molecule has 21 heavy (non-hydrogen) atoms. The molecule has 0 amide bonds. The third-order valence-corrected chi connectivity index (χ3v) is 5.45. The highest BCUT2D eigenvalue weighted by Gasteiger charge is 2.22. The second kappa shape index (κ2) is 6.87. The van der Waals surface area contributed by atoms with Crippen LogP contribution in [0.15, 0.2) is 16.8 Å². The molecular weight excluding hydrogens is 302 g/mol. The molecule has 6 heteroatoms. The van der Waals surface area contributed by atoms with Gasteiger partial charge in [0.05, 0.1) is 12.3 Å². The third kappa shape index (κ3) is 4.03. The first-order chi connectivity index (χ1) is 10.3. The van der Waals surface area contributed by atoms with Crippen molar-refractivity contribution in [1.29, 1.82) is 0 Å². The van der Waals surface area contributed by atoms with Crippen molar-refractivity contribution >= 4 is 27.8 Å². The van der Waals surface area contributed by atoms with E-state index in [1.807, 2.05) is 0 Å². The fourth-order valence-electron chi connectivity index (χ4n) is 2.17. The lowest BCUT2D eigenvalue weighted by molar-refractivity contribution is 0.181. The van der Waals surface area contributed by atoms with Gasteiger partial charge in [-0.1, -0.05) is 0 Å². The van der Waals surface area contributed by atoms with Crippen molar-refractivity contribution in [2.45, 2.75) is 38.6 Å². The Balaban J connectivity index is 1.69. The summed E-state index contributed by atoms with van der Waals surface area (Å²) in [4.78, 5) is 8.28. The van der Waals surface area contributed by atoms with Crippen LogP contribution in [0.1, 0.15) is 29.0 Å². The molecule has 4 nitrogen and oxygen atoms in total. The Morgan fingerprint density at radius 2 is 2.33 bits per heavy atom. The summed E-state index contributed by atoms with van der Waals surface area (Å²) < 4.78 is 5.29. The first-order valence-corrected chi connectivity index (χ1v) is 8.95. The van der Waals surface area contributed by atoms with Crippen LogP contribution in [-0.4, -0.2) is 25.2 Å². The van der Waals surface area contributed by atoms with Crippen molar-refractivity contribution in [2.75, 3.05) is 19.1 Å². The Morgan fingerprint density at radius 1 is 1.48 bits per heavy atom. The second-order valence-corrected chi connectivity index (χ2v) is 7.28. The lowest BCUT2D eigenvalue weighted by atomic mass is 10.3. The maximum Gasteiger partial charge on any atom is 0.185 e. The fraction of sp³-hybridized carbons (Fsp3) is 0.533. The summed E-state index contributed by atoms with van der Waals surface area (Å²) in [5.41, 5.74) is 2.41. The van der Waals surface area contributed by atoms with Crippen molar-refractivity contribution in [3.63, 3.8) is 0 Å². The van der Waals surface area contributed by atoms with Crippen LogP contribution in [0.25, 0.3) is 0 Å². The quantitative estimate of drug-likeness (QED) is 0.809. The summed E-state index contributed by atoms with van der Waals surface area (Å²) in [6.07, 6.45) is 2.62. The summed E-state index contributed by atoms with van der Waals surface area (Å²) >= 11 is 3.51. The molecule has 0 saturated heterocycles. The number of hydrogen-bond acceptors (Lipinski definition) is 6. The van der Waals surface area contributed by atoms with E-state index >= 15 is 0 Å². The molecule has 0 bridgehead atoms. The van der Waals surface area contributed by atoms with Gasteiger partial charge in [-0.2, -0.15) is 11.3 Å². The van der Waals surface area contributed by atoms with Crippen LogP contribution in [0, 0.1) is 0 Å². The molecule has 2 aromatic rings. The van der Waals surface area contributed by atoms with Crippen molar-refractivity contribution in [1.82, 2.24) is 10.3 Å². The van der Waals surface area contributed by atoms with Gasteiger partial charge in [0.1, 0.15) is 0 Å². The number of anilines is 1. The number of nitrogens with one attached hydrogen (secondary N) is 1. The molecule has 1 aliphatic carbocycles. The van der Waals surface area contributed by atoms with Gasteiger partial charge in [0.2, 0.25) is 0 Å². The minimum absolute atomic E-state index is 0.588. The van der Waals surface area contributed by atoms with E-state index in [2.05, 4.69) is 34.1 Å². The number of thiophene rings is 1. The number of ether oxygens (including phenoxy) is 1. The average Bonchev–Trinajstić information content (AvgIpc) is 2.99. The van der Waals surface area contributed by atoms with Gasteiger partial charge < -0.3 is 15.0 Å². The fourth-order valence-corrected chi connectivity index (χ4v) is 3.80. The van der Waals surface area contributed by atoms with E-state index in [1.54, 1.807) is 29.8 Å². The normalized spacial score (nSPS) is 14.6. The first kappa shape index (κ1) is 15.0. The van der Waals surface area contributed by atoms with Crippen LogP contribution in [0.2, 0.25) is 0 Å². The molecule has 0 aromatic carbocycles. The first-order valence-electron chi connectivity index (χ1n) is 7.19. The molecule has 1 aliphatic rings. The zero-order valence-corrected chi connectivity index (χ0v) is 14.1. The highest BCUT2D eigenvalue weighted by molar-refractivity contribution is 7.15. The lowest BCUT2D eigenvalue weighted by Gasteiger charge is -2.14. The summed E-state index contributed by atoms with van der Waals surface area (Å²) in [6.45, 7) is 2.40. The zero-order chi connectivity index (χ0) is 14.7. The number of thiazole rings is 1. The van der Waals surface area contributed by atoms with Crippen LogP contribution in [0.4, 0.5) is 5.13 Å². The van der Waals surface area contributed by atoms with E-state index in [-0.39, 0.29) is 0 Å². The Hall–Kier alpha value is -0.950. The van der Waals surface area contributed by atoms with Crippen molar-refractivity contribution in [3.8, 4) is 0 Å². The zero-order valence-electron chi connectivity index (χ0n) is 12.5. The molecule has 0 radical (unpaired) electrons. The van der Waals surface area contributed by atoms with Gasteiger partial charge in [-0.25, -0.2) is 4.98 Å². The molecule has 0 atom stereocenters. The van der Waals surface area contributed by atoms with Crippen LogP contribution < -0.4 is 10.2 Å². The smallest absolute Gasteiger partial charge is 0.185 e. The van der Waals surface area contributed by atoms with Crippen LogP contribution in [-0.2, 0) is 24.4 Å². The van der Waals surface area contributed by atoms with Crippen LogP contribution >= 0.6 is 22.7 Å². The number of hydrogen-bond donors (Lipinski definition) is 1. The minimum atomic E-state index is 0.588. The third-order valence-electron chi connectivity index (χ3n) is 3.50. The monoisotopic (exact) mass is 323 g/mol. The molecule has 2 aromatic heterocycles. The summed E-state index contributed by atoms with van der Waals surface area (Å²) in [6, 6.07) is 2.88. The van der Waals surface area contributed by atoms with Crippen molar-refractivity contribution in [3.05, 3.63) is 33.0 Å².